The Kier molecular flexibility index (Phi) is 5.71. The van der Waals surface area contributed by atoms with Gasteiger partial charge in [0.25, 0.3) is 0 Å². The first kappa shape index (κ1) is 21.0. The number of rotatable bonds is 3. The summed E-state index contributed by atoms with van der Waals surface area (Å²) in [6.45, 7) is 3.16. The van der Waals surface area contributed by atoms with Gasteiger partial charge in [0, 0.05) is 48.1 Å². The van der Waals surface area contributed by atoms with Crippen LogP contribution in [0.5, 0.6) is 0 Å². The highest BCUT2D eigenvalue weighted by atomic mass is 35.5. The average molecular weight is 445 g/mol. The number of benzene rings is 2. The number of anilines is 2. The van der Waals surface area contributed by atoms with Crippen LogP contribution in [-0.2, 0) is 16.2 Å². The van der Waals surface area contributed by atoms with Gasteiger partial charge in [-0.15, -0.1) is 0 Å². The topological polar surface area (TPSA) is 119 Å². The van der Waals surface area contributed by atoms with Gasteiger partial charge < -0.3 is 24.6 Å². The van der Waals surface area contributed by atoms with Crippen LogP contribution < -0.4 is 16.0 Å². The van der Waals surface area contributed by atoms with Crippen molar-refractivity contribution in [1.29, 1.82) is 0 Å². The lowest BCUT2D eigenvalue weighted by Crippen LogP contribution is -2.56. The molecule has 1 aliphatic rings. The van der Waals surface area contributed by atoms with E-state index < -0.39 is 17.6 Å². The molecule has 0 bridgehead atoms. The van der Waals surface area contributed by atoms with Crippen LogP contribution in [0.4, 0.5) is 11.4 Å². The number of aliphatic hydroxyl groups is 1. The lowest BCUT2D eigenvalue weighted by Gasteiger charge is -2.40. The molecular weight excluding hydrogens is 424 g/mol. The normalized spacial score (nSPS) is 16.5. The number of H-pyrrole nitrogens is 1. The number of amides is 2. The van der Waals surface area contributed by atoms with E-state index in [9.17, 15) is 19.5 Å². The number of nitrogens with zero attached hydrogens (tertiary/aromatic N) is 2. The van der Waals surface area contributed by atoms with Gasteiger partial charge in [-0.3, -0.25) is 14.6 Å². The second-order valence-electron chi connectivity index (χ2n) is 7.41. The monoisotopic (exact) mass is 444 g/mol. The van der Waals surface area contributed by atoms with Crippen molar-refractivity contribution in [3.05, 3.63) is 57.5 Å². The highest BCUT2D eigenvalue weighted by Crippen LogP contribution is 2.25. The molecule has 9 nitrogen and oxygen atoms in total. The summed E-state index contributed by atoms with van der Waals surface area (Å²) in [5.41, 5.74) is 2.70. The fraction of sp³-hybridized carbons (Fsp3) is 0.286. The Bertz CT molecular complexity index is 1200. The van der Waals surface area contributed by atoms with E-state index in [4.69, 9.17) is 16.0 Å². The van der Waals surface area contributed by atoms with Gasteiger partial charge in [-0.25, -0.2) is 4.79 Å². The number of aliphatic hydroxyl groups excluding tert-OH is 1. The molecule has 2 aromatic carbocycles. The lowest BCUT2D eigenvalue weighted by molar-refractivity contribution is -0.144. The van der Waals surface area contributed by atoms with Crippen molar-refractivity contribution in [3.63, 3.8) is 0 Å². The van der Waals surface area contributed by atoms with Crippen molar-refractivity contribution in [2.45, 2.75) is 19.6 Å². The Balaban J connectivity index is 1.41. The van der Waals surface area contributed by atoms with Gasteiger partial charge >= 0.3 is 17.6 Å². The van der Waals surface area contributed by atoms with Gasteiger partial charge in [0.15, 0.2) is 5.58 Å². The summed E-state index contributed by atoms with van der Waals surface area (Å²) in [5.74, 6) is -1.98. The van der Waals surface area contributed by atoms with E-state index in [-0.39, 0.29) is 12.6 Å². The highest BCUT2D eigenvalue weighted by molar-refractivity contribution is 6.39. The second-order valence-corrected chi connectivity index (χ2v) is 7.81. The van der Waals surface area contributed by atoms with Crippen molar-refractivity contribution >= 4 is 45.9 Å². The van der Waals surface area contributed by atoms with Gasteiger partial charge in [-0.1, -0.05) is 11.6 Å². The first-order valence-electron chi connectivity index (χ1n) is 9.75. The van der Waals surface area contributed by atoms with E-state index in [0.29, 0.717) is 47.0 Å². The minimum Gasteiger partial charge on any atom is -0.408 e. The van der Waals surface area contributed by atoms with Gasteiger partial charge in [0.1, 0.15) is 0 Å². The number of oxazole rings is 1. The molecule has 1 aromatic heterocycles. The van der Waals surface area contributed by atoms with Crippen LogP contribution >= 0.6 is 11.6 Å². The SMILES string of the molecule is C[C@@H]1CN(c2ccc(Cl)c(CO)c2)CCN1C(=O)C(=O)Nc1ccc2[nH]c(=O)oc2c1. The molecule has 2 amide bonds. The summed E-state index contributed by atoms with van der Waals surface area (Å²) in [4.78, 5) is 42.6. The Morgan fingerprint density at radius 2 is 2.06 bits per heavy atom. The van der Waals surface area contributed by atoms with Crippen LogP contribution in [0.3, 0.4) is 0 Å². The Hall–Kier alpha value is -3.30. The highest BCUT2D eigenvalue weighted by Gasteiger charge is 2.31. The number of hydrogen-bond donors (Lipinski definition) is 3. The molecule has 162 valence electrons. The number of nitrogens with one attached hydrogen (secondary N) is 2. The molecule has 1 aliphatic heterocycles. The number of hydrogen-bond acceptors (Lipinski definition) is 6. The summed E-state index contributed by atoms with van der Waals surface area (Å²) in [5, 5.41) is 12.5. The zero-order valence-electron chi connectivity index (χ0n) is 16.7. The van der Waals surface area contributed by atoms with E-state index >= 15 is 0 Å². The van der Waals surface area contributed by atoms with E-state index in [2.05, 4.69) is 15.2 Å². The van der Waals surface area contributed by atoms with Crippen LogP contribution in [-0.4, -0.2) is 52.5 Å². The average Bonchev–Trinajstić information content (AvgIpc) is 3.12. The fourth-order valence-corrected chi connectivity index (χ4v) is 3.89. The van der Waals surface area contributed by atoms with Gasteiger partial charge in [-0.2, -0.15) is 0 Å². The van der Waals surface area contributed by atoms with Crippen molar-refractivity contribution in [1.82, 2.24) is 9.88 Å². The smallest absolute Gasteiger partial charge is 0.408 e. The number of aromatic nitrogens is 1. The van der Waals surface area contributed by atoms with Crippen molar-refractivity contribution < 1.29 is 19.1 Å². The minimum atomic E-state index is -0.758. The van der Waals surface area contributed by atoms with E-state index in [1.807, 2.05) is 19.1 Å². The summed E-state index contributed by atoms with van der Waals surface area (Å²) in [6.07, 6.45) is 0. The predicted molar refractivity (Wildman–Crippen MR) is 116 cm³/mol. The van der Waals surface area contributed by atoms with Crippen LogP contribution in [0.15, 0.2) is 45.6 Å². The third kappa shape index (κ3) is 4.28. The summed E-state index contributed by atoms with van der Waals surface area (Å²) >= 11 is 6.06. The molecule has 3 N–H and O–H groups in total. The van der Waals surface area contributed by atoms with Crippen LogP contribution in [0.25, 0.3) is 11.1 Å². The standard InChI is InChI=1S/C21H21ClN4O5/c1-12-10-25(15-3-4-16(22)13(8-15)11-27)6-7-26(12)20(29)19(28)23-14-2-5-17-18(9-14)31-21(30)24-17/h2-5,8-9,12,27H,6-7,10-11H2,1H3,(H,23,28)(H,24,30)/t12-/m1/s1. The largest absolute Gasteiger partial charge is 0.417 e. The van der Waals surface area contributed by atoms with Gasteiger partial charge in [0.05, 0.1) is 12.1 Å². The first-order chi connectivity index (χ1) is 14.9. The molecule has 1 atom stereocenters. The molecule has 0 spiro atoms. The summed E-state index contributed by atoms with van der Waals surface area (Å²) < 4.78 is 4.97. The van der Waals surface area contributed by atoms with Crippen LogP contribution in [0, 0.1) is 0 Å². The summed E-state index contributed by atoms with van der Waals surface area (Å²) in [7, 11) is 0. The quantitative estimate of drug-likeness (QED) is 0.531. The number of carbonyl (C=O) groups is 2. The lowest BCUT2D eigenvalue weighted by atomic mass is 10.1. The molecule has 3 aromatic rings. The maximum Gasteiger partial charge on any atom is 0.417 e. The molecule has 1 saturated heterocycles. The molecule has 0 unspecified atom stereocenters. The number of halogens is 1. The van der Waals surface area contributed by atoms with Crippen molar-refractivity contribution in [3.8, 4) is 0 Å². The molecule has 1 fully saturated rings. The van der Waals surface area contributed by atoms with Gasteiger partial charge in [-0.05, 0) is 42.8 Å². The number of piperazine rings is 1. The van der Waals surface area contributed by atoms with Gasteiger partial charge in [0.2, 0.25) is 0 Å². The Morgan fingerprint density at radius 1 is 1.26 bits per heavy atom. The fourth-order valence-electron chi connectivity index (χ4n) is 3.71. The maximum absolute atomic E-state index is 12.7. The molecule has 2 heterocycles. The van der Waals surface area contributed by atoms with Crippen molar-refractivity contribution in [2.75, 3.05) is 29.9 Å². The minimum absolute atomic E-state index is 0.154. The Morgan fingerprint density at radius 3 is 2.81 bits per heavy atom. The molecule has 4 rings (SSSR count). The van der Waals surface area contributed by atoms with E-state index in [1.165, 1.54) is 11.0 Å². The number of carbonyl (C=O) groups excluding carboxylic acids is 2. The summed E-state index contributed by atoms with van der Waals surface area (Å²) in [6, 6.07) is 9.89. The number of aromatic amines is 1. The molecule has 31 heavy (non-hydrogen) atoms. The predicted octanol–water partition coefficient (Wildman–Crippen LogP) is 1.94. The third-order valence-electron chi connectivity index (χ3n) is 5.33. The van der Waals surface area contributed by atoms with Crippen LogP contribution in [0.1, 0.15) is 12.5 Å². The molecular formula is C21H21ClN4O5. The first-order valence-corrected chi connectivity index (χ1v) is 10.1. The molecule has 0 saturated carbocycles. The Labute approximate surface area is 182 Å². The van der Waals surface area contributed by atoms with E-state index in [1.54, 1.807) is 18.2 Å². The second kappa shape index (κ2) is 8.44. The van der Waals surface area contributed by atoms with E-state index in [0.717, 1.165) is 5.69 Å². The zero-order valence-corrected chi connectivity index (χ0v) is 17.5. The zero-order chi connectivity index (χ0) is 22.1. The third-order valence-corrected chi connectivity index (χ3v) is 5.69. The molecule has 0 aliphatic carbocycles. The van der Waals surface area contributed by atoms with Crippen LogP contribution in [0.2, 0.25) is 5.02 Å². The molecule has 10 heteroatoms. The molecule has 0 radical (unpaired) electrons. The number of fused-ring (bicyclic) bond motifs is 1. The maximum atomic E-state index is 12.7. The van der Waals surface area contributed by atoms with Crippen molar-refractivity contribution in [2.24, 2.45) is 0 Å².